The second kappa shape index (κ2) is 12.7. The third kappa shape index (κ3) is 5.96. The number of aliphatic hydroxyl groups excluding tert-OH is 1. The highest BCUT2D eigenvalue weighted by atomic mass is 19.1. The van der Waals surface area contributed by atoms with Gasteiger partial charge in [0.05, 0.1) is 6.61 Å². The standard InChI is InChI=1S/C27H34FN3O11/c1-16(2)19(29-23(35)38-12-17-8-6-5-7-9-17)20(34)39-15-31-18(33)10-11-30(24(31)36)22-26(3)21(40-25(37-4)42-26)27(13-28,14-32)41-22/h5-11,16,19,21-22,25,32H,12-15H2,1-4H3,(H,29,35)/t19?,21-,22+,25?,26+,27+/m0/s1. The maximum absolute atomic E-state index is 14.2. The van der Waals surface area contributed by atoms with Crippen LogP contribution >= 0.6 is 0 Å². The monoisotopic (exact) mass is 595 g/mol. The molecule has 6 atom stereocenters. The molecule has 2 fully saturated rings. The third-order valence-corrected chi connectivity index (χ3v) is 7.21. The number of methoxy groups -OCH3 is 1. The van der Waals surface area contributed by atoms with E-state index in [1.54, 1.807) is 38.1 Å². The van der Waals surface area contributed by atoms with Gasteiger partial charge in [-0.15, -0.1) is 0 Å². The molecule has 0 aliphatic carbocycles. The Labute approximate surface area is 239 Å². The fourth-order valence-corrected chi connectivity index (χ4v) is 4.92. The smallest absolute Gasteiger partial charge is 0.408 e. The summed E-state index contributed by atoms with van der Waals surface area (Å²) in [7, 11) is 1.30. The number of benzene rings is 1. The average molecular weight is 596 g/mol. The Morgan fingerprint density at radius 2 is 1.86 bits per heavy atom. The van der Waals surface area contributed by atoms with E-state index in [1.807, 2.05) is 6.07 Å². The van der Waals surface area contributed by atoms with Crippen molar-refractivity contribution in [3.8, 4) is 0 Å². The highest BCUT2D eigenvalue weighted by Crippen LogP contribution is 2.52. The number of halogens is 1. The largest absolute Gasteiger partial charge is 0.445 e. The first-order valence-corrected chi connectivity index (χ1v) is 13.2. The van der Waals surface area contributed by atoms with E-state index in [9.17, 15) is 28.7 Å². The molecule has 1 amide bonds. The van der Waals surface area contributed by atoms with Crippen LogP contribution in [-0.4, -0.2) is 76.5 Å². The Bertz CT molecular complexity index is 1380. The summed E-state index contributed by atoms with van der Waals surface area (Å²) in [5.74, 6) is -1.35. The van der Waals surface area contributed by atoms with Gasteiger partial charge in [0.25, 0.3) is 12.0 Å². The van der Waals surface area contributed by atoms with Crippen LogP contribution in [0.5, 0.6) is 0 Å². The van der Waals surface area contributed by atoms with E-state index in [1.165, 1.54) is 14.0 Å². The van der Waals surface area contributed by atoms with Crippen LogP contribution in [0.25, 0.3) is 0 Å². The van der Waals surface area contributed by atoms with Crippen LogP contribution in [0.2, 0.25) is 0 Å². The molecule has 42 heavy (non-hydrogen) atoms. The Kier molecular flexibility index (Phi) is 9.47. The number of hydrogen-bond donors (Lipinski definition) is 2. The highest BCUT2D eigenvalue weighted by molar-refractivity contribution is 5.81. The number of aliphatic hydroxyl groups is 1. The highest BCUT2D eigenvalue weighted by Gasteiger charge is 2.69. The number of nitrogens with zero attached hydrogens (tertiary/aromatic N) is 2. The molecule has 14 nitrogen and oxygen atoms in total. The fourth-order valence-electron chi connectivity index (χ4n) is 4.92. The van der Waals surface area contributed by atoms with Crippen molar-refractivity contribution in [2.24, 2.45) is 5.92 Å². The number of ether oxygens (including phenoxy) is 6. The van der Waals surface area contributed by atoms with E-state index in [-0.39, 0.29) is 6.61 Å². The lowest BCUT2D eigenvalue weighted by molar-refractivity contribution is -0.283. The van der Waals surface area contributed by atoms with Crippen LogP contribution < -0.4 is 16.6 Å². The van der Waals surface area contributed by atoms with E-state index in [0.29, 0.717) is 4.57 Å². The molecule has 0 spiro atoms. The van der Waals surface area contributed by atoms with Gasteiger partial charge in [-0.1, -0.05) is 44.2 Å². The maximum atomic E-state index is 14.2. The van der Waals surface area contributed by atoms with Gasteiger partial charge in [0.1, 0.15) is 31.0 Å². The molecule has 3 heterocycles. The lowest BCUT2D eigenvalue weighted by Crippen LogP contribution is -2.51. The number of alkyl carbamates (subject to hydrolysis) is 1. The summed E-state index contributed by atoms with van der Waals surface area (Å²) in [6.45, 7) is 0.781. The summed E-state index contributed by atoms with van der Waals surface area (Å²) < 4.78 is 48.5. The zero-order valence-corrected chi connectivity index (χ0v) is 23.6. The summed E-state index contributed by atoms with van der Waals surface area (Å²) in [6, 6.07) is 8.80. The van der Waals surface area contributed by atoms with Crippen LogP contribution in [-0.2, 0) is 46.6 Å². The Morgan fingerprint density at radius 3 is 2.48 bits per heavy atom. The lowest BCUT2D eigenvalue weighted by Gasteiger charge is -2.28. The van der Waals surface area contributed by atoms with Gasteiger partial charge < -0.3 is 38.8 Å². The van der Waals surface area contributed by atoms with Gasteiger partial charge in [0.2, 0.25) is 0 Å². The Morgan fingerprint density at radius 1 is 1.14 bits per heavy atom. The van der Waals surface area contributed by atoms with Crippen LogP contribution in [0.15, 0.2) is 52.2 Å². The van der Waals surface area contributed by atoms with Gasteiger partial charge in [-0.3, -0.25) is 9.36 Å². The molecular weight excluding hydrogens is 561 g/mol. The summed E-state index contributed by atoms with van der Waals surface area (Å²) in [5.41, 5.74) is -4.45. The van der Waals surface area contributed by atoms with Crippen molar-refractivity contribution in [1.82, 2.24) is 14.5 Å². The first kappa shape index (κ1) is 31.3. The number of fused-ring (bicyclic) bond motifs is 1. The fraction of sp³-hybridized carbons (Fsp3) is 0.556. The second-order valence-electron chi connectivity index (χ2n) is 10.5. The van der Waals surface area contributed by atoms with Crippen LogP contribution in [0, 0.1) is 5.92 Å². The van der Waals surface area contributed by atoms with Crippen molar-refractivity contribution >= 4 is 12.1 Å². The normalized spacial score (nSPS) is 27.5. The maximum Gasteiger partial charge on any atom is 0.408 e. The summed E-state index contributed by atoms with van der Waals surface area (Å²) in [5, 5.41) is 12.4. The van der Waals surface area contributed by atoms with Gasteiger partial charge in [-0.05, 0) is 18.4 Å². The van der Waals surface area contributed by atoms with E-state index in [4.69, 9.17) is 28.4 Å². The number of esters is 1. The van der Waals surface area contributed by atoms with Gasteiger partial charge >= 0.3 is 17.8 Å². The SMILES string of the molecule is COC1O[C@@H]2[C@](CO)(CF)O[C@@H](n3ccc(=O)n(COC(=O)C(NC(=O)OCc4ccccc4)C(C)C)c3=O)[C@]2(C)O1. The molecule has 1 aromatic heterocycles. The minimum Gasteiger partial charge on any atom is -0.445 e. The third-order valence-electron chi connectivity index (χ3n) is 7.21. The van der Waals surface area contributed by atoms with E-state index < -0.39 is 85.3 Å². The molecule has 2 saturated heterocycles. The van der Waals surface area contributed by atoms with Gasteiger partial charge in [-0.25, -0.2) is 23.3 Å². The molecule has 4 rings (SSSR count). The zero-order chi connectivity index (χ0) is 30.7. The van der Waals surface area contributed by atoms with Crippen molar-refractivity contribution < 1.29 is 47.5 Å². The minimum atomic E-state index is -1.88. The number of carbonyl (C=O) groups is 2. The van der Waals surface area contributed by atoms with Crippen LogP contribution in [0.3, 0.4) is 0 Å². The molecule has 2 N–H and O–H groups in total. The molecule has 0 bridgehead atoms. The first-order chi connectivity index (χ1) is 20.0. The van der Waals surface area contributed by atoms with Gasteiger partial charge in [-0.2, -0.15) is 0 Å². The molecule has 2 aromatic rings. The number of hydrogen-bond acceptors (Lipinski definition) is 11. The summed E-state index contributed by atoms with van der Waals surface area (Å²) >= 11 is 0. The number of aromatic nitrogens is 2. The van der Waals surface area contributed by atoms with Crippen molar-refractivity contribution in [2.75, 3.05) is 20.4 Å². The molecule has 1 aromatic carbocycles. The van der Waals surface area contributed by atoms with Crippen molar-refractivity contribution in [1.29, 1.82) is 0 Å². The van der Waals surface area contributed by atoms with E-state index in [0.717, 1.165) is 22.4 Å². The lowest BCUT2D eigenvalue weighted by atomic mass is 9.88. The topological polar surface area (TPSA) is 166 Å². The van der Waals surface area contributed by atoms with E-state index in [2.05, 4.69) is 5.32 Å². The molecular formula is C27H34FN3O11. The number of amides is 1. The van der Waals surface area contributed by atoms with Crippen molar-refractivity contribution in [3.63, 3.8) is 0 Å². The van der Waals surface area contributed by atoms with Gasteiger partial charge in [0.15, 0.2) is 18.6 Å². The average Bonchev–Trinajstić information content (AvgIpc) is 3.45. The molecule has 0 radical (unpaired) electrons. The predicted octanol–water partition coefficient (Wildman–Crippen LogP) is 0.795. The van der Waals surface area contributed by atoms with Crippen molar-refractivity contribution in [3.05, 3.63) is 69.0 Å². The molecule has 2 aliphatic rings. The minimum absolute atomic E-state index is 0.0195. The summed E-state index contributed by atoms with van der Waals surface area (Å²) in [4.78, 5) is 51.3. The van der Waals surface area contributed by atoms with Crippen molar-refractivity contribution in [2.45, 2.75) is 70.2 Å². The second-order valence-corrected chi connectivity index (χ2v) is 10.5. The van der Waals surface area contributed by atoms with Crippen LogP contribution in [0.4, 0.5) is 9.18 Å². The zero-order valence-electron chi connectivity index (χ0n) is 23.6. The quantitative estimate of drug-likeness (QED) is 0.353. The summed E-state index contributed by atoms with van der Waals surface area (Å²) in [6.07, 6.45) is -2.29. The number of rotatable bonds is 11. The van der Waals surface area contributed by atoms with Gasteiger partial charge in [0, 0.05) is 19.4 Å². The molecule has 2 unspecified atom stereocenters. The predicted molar refractivity (Wildman–Crippen MR) is 141 cm³/mol. The number of carbonyl (C=O) groups excluding carboxylic acids is 2. The molecule has 0 saturated carbocycles. The molecule has 2 aliphatic heterocycles. The molecule has 15 heteroatoms. The van der Waals surface area contributed by atoms with Crippen LogP contribution in [0.1, 0.15) is 32.6 Å². The Balaban J connectivity index is 1.50. The number of alkyl halides is 1. The Hall–Kier alpha value is -3.63. The van der Waals surface area contributed by atoms with E-state index >= 15 is 0 Å². The first-order valence-electron chi connectivity index (χ1n) is 13.2. The molecule has 230 valence electrons. The number of nitrogens with one attached hydrogen (secondary N) is 1.